The number of rotatable bonds is 5. The molecule has 3 amide bonds. The number of anilines is 1. The number of nitrogens with zero attached hydrogens (tertiary/aromatic N) is 6. The minimum absolute atomic E-state index is 0.0405. The Morgan fingerprint density at radius 3 is 2.65 bits per heavy atom. The summed E-state index contributed by atoms with van der Waals surface area (Å²) >= 11 is 7.22. The van der Waals surface area contributed by atoms with Gasteiger partial charge in [0.15, 0.2) is 5.01 Å². The predicted molar refractivity (Wildman–Crippen MR) is 136 cm³/mol. The summed E-state index contributed by atoms with van der Waals surface area (Å²) in [5.41, 5.74) is 0.969. The monoisotopic (exact) mass is 543 g/mol. The first-order valence-electron chi connectivity index (χ1n) is 11.9. The Morgan fingerprint density at radius 1 is 1.08 bits per heavy atom. The molecule has 0 spiro atoms. The van der Waals surface area contributed by atoms with Crippen molar-refractivity contribution < 1.29 is 14.4 Å². The molecule has 5 rings (SSSR count). The first kappa shape index (κ1) is 25.2. The molecular formula is C23H26ClN9O3S. The van der Waals surface area contributed by atoms with Gasteiger partial charge in [-0.05, 0) is 38.4 Å². The quantitative estimate of drug-likeness (QED) is 0.409. The first-order chi connectivity index (χ1) is 17.9. The van der Waals surface area contributed by atoms with Crippen molar-refractivity contribution in [3.05, 3.63) is 51.6 Å². The number of amides is 3. The molecule has 3 atom stereocenters. The molecule has 1 aliphatic carbocycles. The fraction of sp³-hybridized carbons (Fsp3) is 0.435. The van der Waals surface area contributed by atoms with Crippen LogP contribution in [0.25, 0.3) is 0 Å². The Balaban J connectivity index is 1.28. The molecule has 4 heterocycles. The van der Waals surface area contributed by atoms with Crippen LogP contribution in [-0.2, 0) is 22.6 Å². The van der Waals surface area contributed by atoms with E-state index in [0.29, 0.717) is 29.3 Å². The normalized spacial score (nSPS) is 21.6. The standard InChI is InChI=1S/C23H26ClN9O3S/c1-32-7-6-16-18(10-32)37-23(30-16)22(36)29-17-8-14(33-11-26-27-12-33)3-4-15(17)28-20(34)21(35)31-19-5-2-13(24)9-25-19/h2,5,9,11-12,14-15,17H,3-4,6-8,10H2,1H3,(H,28,34)(H,29,36)(H,25,31,35)/t14-,15-,17+/m0/s1. The molecule has 0 unspecified atom stereocenters. The van der Waals surface area contributed by atoms with Gasteiger partial charge < -0.3 is 25.4 Å². The van der Waals surface area contributed by atoms with Crippen LogP contribution in [0.3, 0.4) is 0 Å². The van der Waals surface area contributed by atoms with E-state index in [1.54, 1.807) is 18.7 Å². The van der Waals surface area contributed by atoms with E-state index < -0.39 is 23.9 Å². The Hall–Kier alpha value is -3.42. The van der Waals surface area contributed by atoms with Crippen LogP contribution in [0.5, 0.6) is 0 Å². The summed E-state index contributed by atoms with van der Waals surface area (Å²) in [5.74, 6) is -1.73. The summed E-state index contributed by atoms with van der Waals surface area (Å²) < 4.78 is 1.90. The summed E-state index contributed by atoms with van der Waals surface area (Å²) in [7, 11) is 2.04. The topological polar surface area (TPSA) is 147 Å². The summed E-state index contributed by atoms with van der Waals surface area (Å²) in [6.45, 7) is 1.68. The average Bonchev–Trinajstić information content (AvgIpc) is 3.56. The SMILES string of the molecule is CN1CCc2nc(C(=O)N[C@@H]3C[C@@H](n4cnnc4)CC[C@@H]3NC(=O)C(=O)Nc3ccc(Cl)cn3)sc2C1. The van der Waals surface area contributed by atoms with Crippen LogP contribution in [0, 0.1) is 0 Å². The maximum atomic E-state index is 13.2. The van der Waals surface area contributed by atoms with Gasteiger partial charge >= 0.3 is 11.8 Å². The van der Waals surface area contributed by atoms with Crippen molar-refractivity contribution in [2.75, 3.05) is 18.9 Å². The summed E-state index contributed by atoms with van der Waals surface area (Å²) in [6.07, 6.45) is 7.26. The molecular weight excluding hydrogens is 518 g/mol. The largest absolute Gasteiger partial charge is 0.345 e. The van der Waals surface area contributed by atoms with E-state index in [9.17, 15) is 14.4 Å². The van der Waals surface area contributed by atoms with Crippen molar-refractivity contribution in [2.45, 2.75) is 50.4 Å². The number of likely N-dealkylation sites (N-methyl/N-ethyl adjacent to an activating group) is 1. The number of nitrogens with one attached hydrogen (secondary N) is 3. The van der Waals surface area contributed by atoms with E-state index in [4.69, 9.17) is 11.6 Å². The highest BCUT2D eigenvalue weighted by Gasteiger charge is 2.35. The molecule has 37 heavy (non-hydrogen) atoms. The van der Waals surface area contributed by atoms with Crippen LogP contribution in [-0.4, -0.2) is 73.0 Å². The second kappa shape index (κ2) is 10.9. The van der Waals surface area contributed by atoms with Crippen molar-refractivity contribution >= 4 is 46.5 Å². The third-order valence-corrected chi connectivity index (χ3v) is 7.91. The lowest BCUT2D eigenvalue weighted by Crippen LogP contribution is -2.56. The zero-order valence-electron chi connectivity index (χ0n) is 20.1. The molecule has 0 bridgehead atoms. The molecule has 3 aromatic rings. The maximum Gasteiger partial charge on any atom is 0.314 e. The van der Waals surface area contributed by atoms with Crippen molar-refractivity contribution in [3.8, 4) is 0 Å². The molecule has 1 saturated carbocycles. The van der Waals surface area contributed by atoms with Crippen molar-refractivity contribution in [1.82, 2.24) is 40.3 Å². The lowest BCUT2D eigenvalue weighted by atomic mass is 9.86. The van der Waals surface area contributed by atoms with Gasteiger partial charge in [-0.3, -0.25) is 14.4 Å². The number of hydrogen-bond acceptors (Lipinski definition) is 9. The zero-order valence-corrected chi connectivity index (χ0v) is 21.6. The third kappa shape index (κ3) is 5.95. The van der Waals surface area contributed by atoms with Gasteiger partial charge in [-0.1, -0.05) is 11.6 Å². The van der Waals surface area contributed by atoms with E-state index in [0.717, 1.165) is 30.1 Å². The smallest absolute Gasteiger partial charge is 0.314 e. The fourth-order valence-corrected chi connectivity index (χ4v) is 5.86. The maximum absolute atomic E-state index is 13.2. The summed E-state index contributed by atoms with van der Waals surface area (Å²) in [5, 5.41) is 16.9. The van der Waals surface area contributed by atoms with Crippen LogP contribution in [0.1, 0.15) is 45.7 Å². The molecule has 194 valence electrons. The van der Waals surface area contributed by atoms with E-state index >= 15 is 0 Å². The number of halogens is 1. The number of carbonyl (C=O) groups excluding carboxylic acids is 3. The van der Waals surface area contributed by atoms with E-state index in [2.05, 4.69) is 41.0 Å². The number of aromatic nitrogens is 5. The number of pyridine rings is 1. The van der Waals surface area contributed by atoms with Gasteiger partial charge in [0, 0.05) is 42.7 Å². The number of thiazole rings is 1. The van der Waals surface area contributed by atoms with Crippen molar-refractivity contribution in [3.63, 3.8) is 0 Å². The van der Waals surface area contributed by atoms with Crippen molar-refractivity contribution in [2.24, 2.45) is 0 Å². The second-order valence-electron chi connectivity index (χ2n) is 9.23. The second-order valence-corrected chi connectivity index (χ2v) is 10.7. The molecule has 14 heteroatoms. The van der Waals surface area contributed by atoms with E-state index in [1.165, 1.54) is 23.6 Å². The molecule has 12 nitrogen and oxygen atoms in total. The zero-order chi connectivity index (χ0) is 25.9. The van der Waals surface area contributed by atoms with Crippen LogP contribution in [0.15, 0.2) is 31.0 Å². The van der Waals surface area contributed by atoms with Gasteiger partial charge in [0.1, 0.15) is 18.5 Å². The molecule has 0 radical (unpaired) electrons. The molecule has 0 saturated heterocycles. The van der Waals surface area contributed by atoms with Crippen LogP contribution < -0.4 is 16.0 Å². The van der Waals surface area contributed by atoms with Gasteiger partial charge in [-0.15, -0.1) is 21.5 Å². The Morgan fingerprint density at radius 2 is 1.89 bits per heavy atom. The van der Waals surface area contributed by atoms with Gasteiger partial charge in [-0.2, -0.15) is 0 Å². The summed E-state index contributed by atoms with van der Waals surface area (Å²) in [6, 6.07) is 2.23. The lowest BCUT2D eigenvalue weighted by molar-refractivity contribution is -0.136. The Kier molecular flexibility index (Phi) is 7.44. The predicted octanol–water partition coefficient (Wildman–Crippen LogP) is 1.42. The van der Waals surface area contributed by atoms with Gasteiger partial charge in [0.25, 0.3) is 5.91 Å². The fourth-order valence-electron chi connectivity index (χ4n) is 4.66. The molecule has 3 N–H and O–H groups in total. The molecule has 3 aromatic heterocycles. The van der Waals surface area contributed by atoms with Crippen LogP contribution >= 0.6 is 22.9 Å². The first-order valence-corrected chi connectivity index (χ1v) is 13.1. The molecule has 2 aliphatic rings. The highest BCUT2D eigenvalue weighted by Crippen LogP contribution is 2.30. The van der Waals surface area contributed by atoms with Crippen LogP contribution in [0.2, 0.25) is 5.02 Å². The molecule has 0 aromatic carbocycles. The minimum atomic E-state index is -0.849. The summed E-state index contributed by atoms with van der Waals surface area (Å²) in [4.78, 5) is 50.3. The highest BCUT2D eigenvalue weighted by molar-refractivity contribution is 7.13. The van der Waals surface area contributed by atoms with Crippen LogP contribution in [0.4, 0.5) is 5.82 Å². The number of hydrogen-bond donors (Lipinski definition) is 3. The van der Waals surface area contributed by atoms with Gasteiger partial charge in [-0.25, -0.2) is 9.97 Å². The van der Waals surface area contributed by atoms with E-state index in [1.807, 2.05) is 11.6 Å². The number of carbonyl (C=O) groups is 3. The van der Waals surface area contributed by atoms with Gasteiger partial charge in [0.05, 0.1) is 16.8 Å². The number of fused-ring (bicyclic) bond motifs is 1. The molecule has 1 aliphatic heterocycles. The lowest BCUT2D eigenvalue weighted by Gasteiger charge is -2.37. The van der Waals surface area contributed by atoms with E-state index in [-0.39, 0.29) is 17.8 Å². The highest BCUT2D eigenvalue weighted by atomic mass is 35.5. The molecule has 1 fully saturated rings. The van der Waals surface area contributed by atoms with Crippen molar-refractivity contribution in [1.29, 1.82) is 0 Å². The Labute approximate surface area is 221 Å². The average molecular weight is 544 g/mol. The minimum Gasteiger partial charge on any atom is -0.345 e. The Bertz CT molecular complexity index is 1280. The van der Waals surface area contributed by atoms with Gasteiger partial charge in [0.2, 0.25) is 0 Å². The third-order valence-electron chi connectivity index (χ3n) is 6.61.